The molecule has 0 radical (unpaired) electrons. The molecule has 94 heavy (non-hydrogen) atoms. The van der Waals surface area contributed by atoms with Gasteiger partial charge in [-0.2, -0.15) is 0 Å². The Balaban J connectivity index is 5.25. The van der Waals surface area contributed by atoms with Crippen LogP contribution >= 0.6 is 15.6 Å². The number of carbonyl (C=O) groups excluding carboxylic acids is 4. The second-order valence-corrected chi connectivity index (χ2v) is 30.0. The van der Waals surface area contributed by atoms with Crippen molar-refractivity contribution in [1.29, 1.82) is 0 Å². The number of esters is 4. The molecular weight excluding hydrogens is 1230 g/mol. The summed E-state index contributed by atoms with van der Waals surface area (Å²) in [6, 6.07) is 0. The summed E-state index contributed by atoms with van der Waals surface area (Å²) in [5.41, 5.74) is 0. The number of hydrogen-bond acceptors (Lipinski definition) is 15. The van der Waals surface area contributed by atoms with E-state index in [9.17, 15) is 43.2 Å². The standard InChI is InChI=1S/C75H142O17P2/c1-7-10-12-14-16-18-20-22-24-25-26-27-29-31-33-35-39-47-53-59-74(79)91-70(63-85-72(77)57-51-45-38-34-32-30-28-23-21-19-17-15-13-11-8-2)65-89-93(81,82)87-61-69(76)62-88-94(83,84)90-66-71(92-75(80)60-54-48-40-36-37-43-49-55-67(4)5)64-86-73(78)58-52-46-42-41-44-50-56-68(6)9-3/h19,21,23,28,67-71,76H,7-18,20,22,24-27,29-66H2,1-6H3,(H,81,82)(H,83,84)/b21-19-,28-23-/t68?,69-,70-,71-/m1/s1. The molecule has 0 amide bonds. The third-order valence-corrected chi connectivity index (χ3v) is 19.1. The van der Waals surface area contributed by atoms with Crippen LogP contribution in [-0.2, 0) is 65.4 Å². The lowest BCUT2D eigenvalue weighted by molar-refractivity contribution is -0.161. The third-order valence-electron chi connectivity index (χ3n) is 17.2. The SMILES string of the molecule is CCCCCC/C=C\C=C/CCCCCCCC(=O)OC[C@H](COP(=O)(O)OC[C@@H](O)COP(=O)(O)OC[C@@H](COC(=O)CCCCCCCCC(C)CC)OC(=O)CCCCCCCCCC(C)C)OC(=O)CCCCCCCCCCCCCCCCCCCCC. The summed E-state index contributed by atoms with van der Waals surface area (Å²) in [5.74, 6) is -0.729. The predicted molar refractivity (Wildman–Crippen MR) is 381 cm³/mol. The van der Waals surface area contributed by atoms with Crippen molar-refractivity contribution in [2.24, 2.45) is 11.8 Å². The van der Waals surface area contributed by atoms with Gasteiger partial charge >= 0.3 is 39.5 Å². The van der Waals surface area contributed by atoms with Crippen LogP contribution in [0.4, 0.5) is 0 Å². The second kappa shape index (κ2) is 66.4. The van der Waals surface area contributed by atoms with Gasteiger partial charge in [0.25, 0.3) is 0 Å². The predicted octanol–water partition coefficient (Wildman–Crippen LogP) is 21.5. The van der Waals surface area contributed by atoms with E-state index in [-0.39, 0.29) is 25.7 Å². The first kappa shape index (κ1) is 91.5. The fraction of sp³-hybridized carbons (Fsp3) is 0.893. The quantitative estimate of drug-likeness (QED) is 0.0169. The minimum atomic E-state index is -4.96. The Morgan fingerprint density at radius 3 is 0.957 bits per heavy atom. The molecule has 6 atom stereocenters. The molecule has 0 bridgehead atoms. The number of aliphatic hydroxyl groups excluding tert-OH is 1. The Morgan fingerprint density at radius 2 is 0.628 bits per heavy atom. The Hall–Kier alpha value is -2.46. The minimum Gasteiger partial charge on any atom is -0.462 e. The van der Waals surface area contributed by atoms with Gasteiger partial charge in [-0.3, -0.25) is 37.3 Å². The van der Waals surface area contributed by atoms with Gasteiger partial charge in [0.05, 0.1) is 26.4 Å². The van der Waals surface area contributed by atoms with Gasteiger partial charge in [0.1, 0.15) is 19.3 Å². The minimum absolute atomic E-state index is 0.100. The van der Waals surface area contributed by atoms with E-state index in [4.69, 9.17) is 37.0 Å². The van der Waals surface area contributed by atoms with Crippen molar-refractivity contribution in [2.75, 3.05) is 39.6 Å². The Morgan fingerprint density at radius 1 is 0.351 bits per heavy atom. The summed E-state index contributed by atoms with van der Waals surface area (Å²) < 4.78 is 68.4. The molecule has 0 aliphatic heterocycles. The van der Waals surface area contributed by atoms with Crippen LogP contribution in [0.15, 0.2) is 24.3 Å². The Bertz CT molecular complexity index is 1920. The van der Waals surface area contributed by atoms with Gasteiger partial charge in [0, 0.05) is 25.7 Å². The Labute approximate surface area is 573 Å². The van der Waals surface area contributed by atoms with Gasteiger partial charge in [-0.1, -0.05) is 310 Å². The maximum absolute atomic E-state index is 13.1. The highest BCUT2D eigenvalue weighted by Gasteiger charge is 2.30. The lowest BCUT2D eigenvalue weighted by Crippen LogP contribution is -2.30. The number of unbranched alkanes of at least 4 members (excludes halogenated alkanes) is 38. The van der Waals surface area contributed by atoms with Crippen molar-refractivity contribution in [3.05, 3.63) is 24.3 Å². The van der Waals surface area contributed by atoms with Crippen LogP contribution in [0.5, 0.6) is 0 Å². The summed E-state index contributed by atoms with van der Waals surface area (Å²) in [6.45, 7) is 9.41. The zero-order valence-corrected chi connectivity index (χ0v) is 62.5. The fourth-order valence-corrected chi connectivity index (χ4v) is 12.5. The first-order valence-electron chi connectivity index (χ1n) is 38.3. The average Bonchev–Trinajstić information content (AvgIpc) is 1.78. The molecule has 17 nitrogen and oxygen atoms in total. The molecule has 0 heterocycles. The first-order valence-corrected chi connectivity index (χ1v) is 41.3. The summed E-state index contributed by atoms with van der Waals surface area (Å²) in [6.07, 6.45) is 56.5. The van der Waals surface area contributed by atoms with E-state index in [1.807, 2.05) is 0 Å². The number of aliphatic hydroxyl groups is 1. The highest BCUT2D eigenvalue weighted by Crippen LogP contribution is 2.45. The highest BCUT2D eigenvalue weighted by atomic mass is 31.2. The highest BCUT2D eigenvalue weighted by molar-refractivity contribution is 7.47. The van der Waals surface area contributed by atoms with Crippen LogP contribution in [0.2, 0.25) is 0 Å². The largest absolute Gasteiger partial charge is 0.472 e. The van der Waals surface area contributed by atoms with Gasteiger partial charge in [-0.25, -0.2) is 9.13 Å². The van der Waals surface area contributed by atoms with Crippen LogP contribution in [-0.4, -0.2) is 96.7 Å². The number of phosphoric ester groups is 2. The maximum atomic E-state index is 13.1. The summed E-state index contributed by atoms with van der Waals surface area (Å²) >= 11 is 0. The monoisotopic (exact) mass is 1380 g/mol. The van der Waals surface area contributed by atoms with Crippen LogP contribution in [0.1, 0.15) is 363 Å². The molecule has 0 spiro atoms. The van der Waals surface area contributed by atoms with Gasteiger partial charge in [0.15, 0.2) is 12.2 Å². The topological polar surface area (TPSA) is 237 Å². The third kappa shape index (κ3) is 66.8. The summed E-state index contributed by atoms with van der Waals surface area (Å²) in [7, 11) is -9.92. The number of allylic oxidation sites excluding steroid dienone is 4. The van der Waals surface area contributed by atoms with Crippen molar-refractivity contribution in [2.45, 2.75) is 381 Å². The first-order chi connectivity index (χ1) is 45.4. The molecule has 0 saturated carbocycles. The van der Waals surface area contributed by atoms with Crippen LogP contribution < -0.4 is 0 Å². The molecule has 3 N–H and O–H groups in total. The molecule has 0 fully saturated rings. The fourth-order valence-electron chi connectivity index (χ4n) is 10.9. The van der Waals surface area contributed by atoms with Crippen molar-refractivity contribution < 1.29 is 80.2 Å². The smallest absolute Gasteiger partial charge is 0.462 e. The summed E-state index contributed by atoms with van der Waals surface area (Å²) in [4.78, 5) is 72.7. The second-order valence-electron chi connectivity index (χ2n) is 27.1. The van der Waals surface area contributed by atoms with E-state index < -0.39 is 97.5 Å². The van der Waals surface area contributed by atoms with Gasteiger partial charge in [-0.15, -0.1) is 0 Å². The van der Waals surface area contributed by atoms with Crippen LogP contribution in [0.3, 0.4) is 0 Å². The number of carbonyl (C=O) groups is 4. The molecule has 554 valence electrons. The van der Waals surface area contributed by atoms with Gasteiger partial charge in [0.2, 0.25) is 0 Å². The molecule has 19 heteroatoms. The molecule has 0 aliphatic rings. The number of rotatable bonds is 72. The molecule has 0 aliphatic carbocycles. The van der Waals surface area contributed by atoms with Crippen molar-refractivity contribution in [3.63, 3.8) is 0 Å². The lowest BCUT2D eigenvalue weighted by atomic mass is 10.00. The maximum Gasteiger partial charge on any atom is 0.472 e. The van der Waals surface area contributed by atoms with Crippen molar-refractivity contribution >= 4 is 39.5 Å². The molecule has 0 rings (SSSR count). The van der Waals surface area contributed by atoms with E-state index in [1.165, 1.54) is 154 Å². The number of ether oxygens (including phenoxy) is 4. The van der Waals surface area contributed by atoms with E-state index in [0.29, 0.717) is 31.6 Å². The molecule has 0 aromatic carbocycles. The molecule has 0 aromatic heterocycles. The van der Waals surface area contributed by atoms with Gasteiger partial charge in [-0.05, 0) is 63.2 Å². The van der Waals surface area contributed by atoms with Crippen molar-refractivity contribution in [3.8, 4) is 0 Å². The van der Waals surface area contributed by atoms with Crippen LogP contribution in [0, 0.1) is 11.8 Å². The molecular formula is C75H142O17P2. The zero-order chi connectivity index (χ0) is 69.3. The van der Waals surface area contributed by atoms with E-state index >= 15 is 0 Å². The molecule has 3 unspecified atom stereocenters. The van der Waals surface area contributed by atoms with Gasteiger partial charge < -0.3 is 33.8 Å². The average molecular weight is 1380 g/mol. The Kier molecular flexibility index (Phi) is 64.7. The molecule has 0 aromatic rings. The van der Waals surface area contributed by atoms with Crippen molar-refractivity contribution in [1.82, 2.24) is 0 Å². The summed E-state index contributed by atoms with van der Waals surface area (Å²) in [5, 5.41) is 10.6. The number of phosphoric acid groups is 2. The van der Waals surface area contributed by atoms with Crippen LogP contribution in [0.25, 0.3) is 0 Å². The zero-order valence-electron chi connectivity index (χ0n) is 60.7. The van der Waals surface area contributed by atoms with E-state index in [1.54, 1.807) is 0 Å². The van der Waals surface area contributed by atoms with E-state index in [2.05, 4.69) is 65.8 Å². The lowest BCUT2D eigenvalue weighted by Gasteiger charge is -2.21. The number of hydrogen-bond donors (Lipinski definition) is 3. The van der Waals surface area contributed by atoms with E-state index in [0.717, 1.165) is 121 Å². The normalized spacial score (nSPS) is 14.5. The molecule has 0 saturated heterocycles.